The normalized spacial score (nSPS) is 22.4. The molecule has 2 N–H and O–H groups in total. The van der Waals surface area contributed by atoms with Crippen molar-refractivity contribution >= 4 is 6.03 Å². The molecule has 94 valence electrons. The van der Waals surface area contributed by atoms with Gasteiger partial charge in [-0.1, -0.05) is 19.3 Å². The lowest BCUT2D eigenvalue weighted by Gasteiger charge is -2.31. The zero-order chi connectivity index (χ0) is 10.5. The maximum atomic E-state index is 11.9. The minimum Gasteiger partial charge on any atom is -1.00 e. The first kappa shape index (κ1) is 13.6. The molecule has 2 amide bonds. The molecule has 16 heavy (non-hydrogen) atoms. The highest BCUT2D eigenvalue weighted by molar-refractivity contribution is 5.74. The fourth-order valence-electron chi connectivity index (χ4n) is 2.38. The van der Waals surface area contributed by atoms with Gasteiger partial charge in [-0.3, -0.25) is 0 Å². The molecule has 2 aliphatic rings. The van der Waals surface area contributed by atoms with Gasteiger partial charge < -0.3 is 27.9 Å². The van der Waals surface area contributed by atoms with Crippen molar-refractivity contribution < 1.29 is 17.2 Å². The van der Waals surface area contributed by atoms with Gasteiger partial charge in [-0.15, -0.1) is 0 Å². The van der Waals surface area contributed by atoms with Crippen LogP contribution in [0, 0.1) is 0 Å². The third kappa shape index (κ3) is 3.83. The Morgan fingerprint density at radius 3 is 2.38 bits per heavy atom. The molecule has 0 bridgehead atoms. The number of piperazine rings is 1. The number of carbonyl (C=O) groups is 1. The molecule has 0 aromatic rings. The van der Waals surface area contributed by atoms with E-state index in [1.165, 1.54) is 19.3 Å². The second-order valence-electron chi connectivity index (χ2n) is 4.52. The fraction of sp³-hybridized carbons (Fsp3) is 0.909. The lowest BCUT2D eigenvalue weighted by molar-refractivity contribution is -0.00000709. The number of hydrogen-bond acceptors (Lipinski definition) is 2. The van der Waals surface area contributed by atoms with Gasteiger partial charge in [0.15, 0.2) is 0 Å². The molecule has 0 aromatic heterocycles. The first-order valence-electron chi connectivity index (χ1n) is 6.12. The lowest BCUT2D eigenvalue weighted by atomic mass is 9.96. The molecule has 0 unspecified atom stereocenters. The van der Waals surface area contributed by atoms with Crippen molar-refractivity contribution in [1.29, 1.82) is 0 Å². The molecule has 5 heteroatoms. The number of amides is 2. The summed E-state index contributed by atoms with van der Waals surface area (Å²) in [6, 6.07) is 0.574. The quantitative estimate of drug-likeness (QED) is 0.559. The molecule has 1 heterocycles. The Balaban J connectivity index is 0.00000128. The number of carbonyl (C=O) groups excluding carboxylic acids is 1. The van der Waals surface area contributed by atoms with Crippen LogP contribution in [0.4, 0.5) is 4.79 Å². The van der Waals surface area contributed by atoms with Crippen molar-refractivity contribution in [2.24, 2.45) is 0 Å². The van der Waals surface area contributed by atoms with Gasteiger partial charge in [-0.25, -0.2) is 4.79 Å². The number of nitrogens with zero attached hydrogens (tertiary/aromatic N) is 1. The summed E-state index contributed by atoms with van der Waals surface area (Å²) in [5, 5.41) is 6.40. The summed E-state index contributed by atoms with van der Waals surface area (Å²) < 4.78 is 0. The molecule has 1 saturated carbocycles. The third-order valence-electron chi connectivity index (χ3n) is 3.34. The predicted molar refractivity (Wildman–Crippen MR) is 59.8 cm³/mol. The highest BCUT2D eigenvalue weighted by Gasteiger charge is 2.20. The molecule has 2 rings (SSSR count). The highest BCUT2D eigenvalue weighted by Crippen LogP contribution is 2.17. The van der Waals surface area contributed by atoms with Crippen LogP contribution in [-0.4, -0.2) is 43.2 Å². The summed E-state index contributed by atoms with van der Waals surface area (Å²) in [6.45, 7) is 3.55. The molecule has 1 saturated heterocycles. The number of urea groups is 1. The van der Waals surface area contributed by atoms with Crippen molar-refractivity contribution in [3.05, 3.63) is 0 Å². The first-order valence-corrected chi connectivity index (χ1v) is 6.12. The number of halogens is 1. The number of nitrogens with one attached hydrogen (secondary N) is 2. The van der Waals surface area contributed by atoms with E-state index in [-0.39, 0.29) is 18.4 Å². The van der Waals surface area contributed by atoms with E-state index in [4.69, 9.17) is 0 Å². The van der Waals surface area contributed by atoms with E-state index in [1.807, 2.05) is 4.90 Å². The number of hydrogen-bond donors (Lipinski definition) is 2. The molecular formula is C11H21ClN3O-. The third-order valence-corrected chi connectivity index (χ3v) is 3.34. The largest absolute Gasteiger partial charge is 1.00 e. The van der Waals surface area contributed by atoms with Gasteiger partial charge >= 0.3 is 6.03 Å². The zero-order valence-corrected chi connectivity index (χ0v) is 10.4. The molecule has 0 radical (unpaired) electrons. The smallest absolute Gasteiger partial charge is 0.317 e. The van der Waals surface area contributed by atoms with Crippen molar-refractivity contribution in [3.8, 4) is 0 Å². The summed E-state index contributed by atoms with van der Waals surface area (Å²) in [6.07, 6.45) is 6.20. The van der Waals surface area contributed by atoms with Crippen LogP contribution in [0.1, 0.15) is 32.1 Å². The zero-order valence-electron chi connectivity index (χ0n) is 9.67. The van der Waals surface area contributed by atoms with Crippen LogP contribution >= 0.6 is 0 Å². The van der Waals surface area contributed by atoms with Crippen molar-refractivity contribution in [1.82, 2.24) is 15.5 Å². The monoisotopic (exact) mass is 246 g/mol. The summed E-state index contributed by atoms with van der Waals surface area (Å²) in [7, 11) is 0. The molecule has 0 spiro atoms. The topological polar surface area (TPSA) is 44.4 Å². The molecule has 4 nitrogen and oxygen atoms in total. The Labute approximate surface area is 104 Å². The van der Waals surface area contributed by atoms with Gasteiger partial charge in [0.05, 0.1) is 0 Å². The van der Waals surface area contributed by atoms with Crippen LogP contribution in [-0.2, 0) is 0 Å². The molecule has 1 aliphatic carbocycles. The summed E-state index contributed by atoms with van der Waals surface area (Å²) in [5.41, 5.74) is 0. The van der Waals surface area contributed by atoms with Crippen LogP contribution < -0.4 is 23.0 Å². The van der Waals surface area contributed by atoms with Gasteiger partial charge in [0.2, 0.25) is 0 Å². The van der Waals surface area contributed by atoms with E-state index in [2.05, 4.69) is 10.6 Å². The van der Waals surface area contributed by atoms with Gasteiger partial charge in [0.1, 0.15) is 0 Å². The van der Waals surface area contributed by atoms with E-state index in [0.29, 0.717) is 6.04 Å². The van der Waals surface area contributed by atoms with Gasteiger partial charge in [-0.2, -0.15) is 0 Å². The van der Waals surface area contributed by atoms with E-state index in [9.17, 15) is 4.79 Å². The SMILES string of the molecule is O=C(NC1CCCCC1)N1CCNCC1.[Cl-]. The summed E-state index contributed by atoms with van der Waals surface area (Å²) >= 11 is 0. The Bertz CT molecular complexity index is 213. The van der Waals surface area contributed by atoms with E-state index in [1.54, 1.807) is 0 Å². The molecule has 2 fully saturated rings. The predicted octanol–water partition coefficient (Wildman–Crippen LogP) is -2.06. The molecular weight excluding hydrogens is 226 g/mol. The van der Waals surface area contributed by atoms with E-state index in [0.717, 1.165) is 39.0 Å². The van der Waals surface area contributed by atoms with E-state index < -0.39 is 0 Å². The highest BCUT2D eigenvalue weighted by atomic mass is 35.5. The van der Waals surface area contributed by atoms with Gasteiger partial charge in [0.25, 0.3) is 0 Å². The number of rotatable bonds is 1. The average molecular weight is 247 g/mol. The molecule has 1 aliphatic heterocycles. The van der Waals surface area contributed by atoms with Crippen molar-refractivity contribution in [3.63, 3.8) is 0 Å². The second-order valence-corrected chi connectivity index (χ2v) is 4.52. The van der Waals surface area contributed by atoms with E-state index >= 15 is 0 Å². The Morgan fingerprint density at radius 1 is 1.12 bits per heavy atom. The lowest BCUT2D eigenvalue weighted by Crippen LogP contribution is -3.00. The summed E-state index contributed by atoms with van der Waals surface area (Å²) in [5.74, 6) is 0. The maximum absolute atomic E-state index is 11.9. The molecule has 0 atom stereocenters. The van der Waals surface area contributed by atoms with Crippen LogP contribution in [0.3, 0.4) is 0 Å². The average Bonchev–Trinajstić information content (AvgIpc) is 2.31. The second kappa shape index (κ2) is 6.97. The minimum atomic E-state index is 0. The standard InChI is InChI=1S/C11H21N3O.ClH/c15-11(14-8-6-12-7-9-14)13-10-4-2-1-3-5-10;/h10,12H,1-9H2,(H,13,15);1H/p-1. The van der Waals surface area contributed by atoms with Gasteiger partial charge in [0, 0.05) is 32.2 Å². The fourth-order valence-corrected chi connectivity index (χ4v) is 2.38. The Morgan fingerprint density at radius 2 is 1.75 bits per heavy atom. The van der Waals surface area contributed by atoms with Crippen molar-refractivity contribution in [2.45, 2.75) is 38.1 Å². The summed E-state index contributed by atoms with van der Waals surface area (Å²) in [4.78, 5) is 13.8. The minimum absolute atomic E-state index is 0. The van der Waals surface area contributed by atoms with Crippen LogP contribution in [0.2, 0.25) is 0 Å². The van der Waals surface area contributed by atoms with Crippen molar-refractivity contribution in [2.75, 3.05) is 26.2 Å². The van der Waals surface area contributed by atoms with Crippen LogP contribution in [0.25, 0.3) is 0 Å². The molecule has 0 aromatic carbocycles. The maximum Gasteiger partial charge on any atom is 0.317 e. The van der Waals surface area contributed by atoms with Crippen LogP contribution in [0.15, 0.2) is 0 Å². The first-order chi connectivity index (χ1) is 7.36. The van der Waals surface area contributed by atoms with Gasteiger partial charge in [-0.05, 0) is 12.8 Å². The Kier molecular flexibility index (Phi) is 5.91. The van der Waals surface area contributed by atoms with Crippen LogP contribution in [0.5, 0.6) is 0 Å². The Hall–Kier alpha value is -0.480.